The van der Waals surface area contributed by atoms with Crippen molar-refractivity contribution < 1.29 is 9.66 Å². The summed E-state index contributed by atoms with van der Waals surface area (Å²) in [6.07, 6.45) is 0. The van der Waals surface area contributed by atoms with Crippen LogP contribution in [0.3, 0.4) is 0 Å². The molecule has 0 spiro atoms. The Morgan fingerprint density at radius 2 is 1.76 bits per heavy atom. The van der Waals surface area contributed by atoms with Gasteiger partial charge < -0.3 is 10.5 Å². The first-order chi connectivity index (χ1) is 9.88. The van der Waals surface area contributed by atoms with Gasteiger partial charge in [-0.25, -0.2) is 0 Å². The summed E-state index contributed by atoms with van der Waals surface area (Å²) in [6, 6.07) is 10.7. The van der Waals surface area contributed by atoms with E-state index in [1.807, 2.05) is 31.2 Å². The first-order valence-electron chi connectivity index (χ1n) is 6.67. The molecule has 2 aromatic rings. The maximum absolute atomic E-state index is 10.9. The highest BCUT2D eigenvalue weighted by Crippen LogP contribution is 2.31. The Kier molecular flexibility index (Phi) is 4.23. The van der Waals surface area contributed by atoms with E-state index in [-0.39, 0.29) is 16.7 Å². The SMILES string of the molecule is Cc1cc([N+](=O)[O-])c(C)cc1Oc1ccc([C@H](C)N)cc1. The molecule has 0 aliphatic carbocycles. The highest BCUT2D eigenvalue weighted by atomic mass is 16.6. The zero-order valence-corrected chi connectivity index (χ0v) is 12.3. The topological polar surface area (TPSA) is 78.4 Å². The quantitative estimate of drug-likeness (QED) is 0.680. The minimum absolute atomic E-state index is 0.0256. The molecule has 0 aliphatic heterocycles. The molecule has 21 heavy (non-hydrogen) atoms. The van der Waals surface area contributed by atoms with Crippen molar-refractivity contribution in [2.75, 3.05) is 0 Å². The van der Waals surface area contributed by atoms with Gasteiger partial charge >= 0.3 is 0 Å². The van der Waals surface area contributed by atoms with Crippen LogP contribution in [-0.4, -0.2) is 4.92 Å². The van der Waals surface area contributed by atoms with Gasteiger partial charge in [-0.2, -0.15) is 0 Å². The number of rotatable bonds is 4. The van der Waals surface area contributed by atoms with Crippen LogP contribution in [0.5, 0.6) is 11.5 Å². The predicted molar refractivity (Wildman–Crippen MR) is 81.7 cm³/mol. The molecule has 0 unspecified atom stereocenters. The van der Waals surface area contributed by atoms with Crippen LogP contribution in [0.1, 0.15) is 29.7 Å². The molecule has 5 nitrogen and oxygen atoms in total. The predicted octanol–water partition coefficient (Wildman–Crippen LogP) is 4.02. The van der Waals surface area contributed by atoms with Crippen LogP contribution in [0.15, 0.2) is 36.4 Å². The molecular formula is C16H18N2O3. The summed E-state index contributed by atoms with van der Waals surface area (Å²) in [5, 5.41) is 10.9. The molecule has 2 rings (SSSR count). The van der Waals surface area contributed by atoms with Crippen LogP contribution in [0.4, 0.5) is 5.69 Å². The van der Waals surface area contributed by atoms with Gasteiger partial charge in [-0.05, 0) is 50.1 Å². The van der Waals surface area contributed by atoms with Gasteiger partial charge in [0, 0.05) is 17.7 Å². The van der Waals surface area contributed by atoms with Crippen LogP contribution in [0.25, 0.3) is 0 Å². The smallest absolute Gasteiger partial charge is 0.272 e. The number of benzene rings is 2. The number of nitro groups is 1. The minimum Gasteiger partial charge on any atom is -0.457 e. The third-order valence-electron chi connectivity index (χ3n) is 3.32. The normalized spacial score (nSPS) is 12.0. The lowest BCUT2D eigenvalue weighted by molar-refractivity contribution is -0.385. The number of nitrogens with two attached hydrogens (primary N) is 1. The Hall–Kier alpha value is -2.40. The van der Waals surface area contributed by atoms with Gasteiger partial charge in [-0.3, -0.25) is 10.1 Å². The van der Waals surface area contributed by atoms with Crippen molar-refractivity contribution in [3.05, 3.63) is 63.2 Å². The number of hydrogen-bond donors (Lipinski definition) is 1. The Labute approximate surface area is 123 Å². The lowest BCUT2D eigenvalue weighted by Gasteiger charge is -2.11. The molecule has 1 atom stereocenters. The second-order valence-electron chi connectivity index (χ2n) is 5.12. The number of aryl methyl sites for hydroxylation is 2. The van der Waals surface area contributed by atoms with Crippen LogP contribution in [0, 0.1) is 24.0 Å². The fourth-order valence-electron chi connectivity index (χ4n) is 2.05. The van der Waals surface area contributed by atoms with Crippen LogP contribution >= 0.6 is 0 Å². The molecule has 0 fully saturated rings. The van der Waals surface area contributed by atoms with E-state index >= 15 is 0 Å². The molecule has 0 aromatic heterocycles. The molecule has 2 aromatic carbocycles. The van der Waals surface area contributed by atoms with Crippen molar-refractivity contribution in [3.8, 4) is 11.5 Å². The Morgan fingerprint density at radius 3 is 2.29 bits per heavy atom. The van der Waals surface area contributed by atoms with E-state index in [0.717, 1.165) is 11.1 Å². The molecule has 0 bridgehead atoms. The van der Waals surface area contributed by atoms with Gasteiger partial charge in [0.25, 0.3) is 5.69 Å². The maximum atomic E-state index is 10.9. The molecule has 110 valence electrons. The fourth-order valence-corrected chi connectivity index (χ4v) is 2.05. The average Bonchev–Trinajstić information content (AvgIpc) is 2.42. The molecule has 0 amide bonds. The van der Waals surface area contributed by atoms with Crippen molar-refractivity contribution in [1.29, 1.82) is 0 Å². The third kappa shape index (κ3) is 3.38. The lowest BCUT2D eigenvalue weighted by Crippen LogP contribution is -2.04. The summed E-state index contributed by atoms with van der Waals surface area (Å²) in [5.41, 5.74) is 8.23. The standard InChI is InChI=1S/C16H18N2O3/c1-10-9-16(11(2)8-15(10)18(19)20)21-14-6-4-13(5-7-14)12(3)17/h4-9,12H,17H2,1-3H3/t12-/m0/s1. The van der Waals surface area contributed by atoms with Crippen molar-refractivity contribution >= 4 is 5.69 Å². The molecular weight excluding hydrogens is 268 g/mol. The van der Waals surface area contributed by atoms with Gasteiger partial charge in [0.1, 0.15) is 11.5 Å². The maximum Gasteiger partial charge on any atom is 0.272 e. The molecule has 0 saturated heterocycles. The molecule has 0 heterocycles. The van der Waals surface area contributed by atoms with Gasteiger partial charge in [-0.1, -0.05) is 12.1 Å². The molecule has 0 aliphatic rings. The van der Waals surface area contributed by atoms with E-state index in [9.17, 15) is 10.1 Å². The summed E-state index contributed by atoms with van der Waals surface area (Å²) in [4.78, 5) is 10.5. The fraction of sp³-hybridized carbons (Fsp3) is 0.250. The second kappa shape index (κ2) is 5.93. The Morgan fingerprint density at radius 1 is 1.14 bits per heavy atom. The monoisotopic (exact) mass is 286 g/mol. The van der Waals surface area contributed by atoms with E-state index in [4.69, 9.17) is 10.5 Å². The van der Waals surface area contributed by atoms with E-state index in [2.05, 4.69) is 0 Å². The summed E-state index contributed by atoms with van der Waals surface area (Å²) >= 11 is 0. The zero-order chi connectivity index (χ0) is 15.6. The zero-order valence-electron chi connectivity index (χ0n) is 12.3. The average molecular weight is 286 g/mol. The number of ether oxygens (including phenoxy) is 1. The molecule has 2 N–H and O–H groups in total. The summed E-state index contributed by atoms with van der Waals surface area (Å²) in [6.45, 7) is 5.40. The summed E-state index contributed by atoms with van der Waals surface area (Å²) in [5.74, 6) is 1.29. The van der Waals surface area contributed by atoms with E-state index in [1.54, 1.807) is 19.9 Å². The Bertz CT molecular complexity index is 664. The van der Waals surface area contributed by atoms with Crippen molar-refractivity contribution in [3.63, 3.8) is 0 Å². The number of nitro benzene ring substituents is 1. The highest BCUT2D eigenvalue weighted by Gasteiger charge is 2.14. The molecule has 5 heteroatoms. The lowest BCUT2D eigenvalue weighted by atomic mass is 10.1. The van der Waals surface area contributed by atoms with E-state index in [0.29, 0.717) is 17.1 Å². The van der Waals surface area contributed by atoms with Crippen molar-refractivity contribution in [2.24, 2.45) is 5.73 Å². The highest BCUT2D eigenvalue weighted by molar-refractivity contribution is 5.50. The number of hydrogen-bond acceptors (Lipinski definition) is 4. The van der Waals surface area contributed by atoms with Crippen LogP contribution in [-0.2, 0) is 0 Å². The summed E-state index contributed by atoms with van der Waals surface area (Å²) in [7, 11) is 0. The van der Waals surface area contributed by atoms with Gasteiger partial charge in [-0.15, -0.1) is 0 Å². The van der Waals surface area contributed by atoms with Gasteiger partial charge in [0.15, 0.2) is 0 Å². The summed E-state index contributed by atoms with van der Waals surface area (Å²) < 4.78 is 5.80. The second-order valence-corrected chi connectivity index (χ2v) is 5.12. The van der Waals surface area contributed by atoms with E-state index < -0.39 is 0 Å². The number of nitrogens with zero attached hydrogens (tertiary/aromatic N) is 1. The van der Waals surface area contributed by atoms with Crippen molar-refractivity contribution in [2.45, 2.75) is 26.8 Å². The first-order valence-corrected chi connectivity index (χ1v) is 6.67. The molecule has 0 radical (unpaired) electrons. The first kappa shape index (κ1) is 15.0. The van der Waals surface area contributed by atoms with Crippen LogP contribution < -0.4 is 10.5 Å². The minimum atomic E-state index is -0.385. The van der Waals surface area contributed by atoms with Crippen LogP contribution in [0.2, 0.25) is 0 Å². The largest absolute Gasteiger partial charge is 0.457 e. The van der Waals surface area contributed by atoms with Crippen molar-refractivity contribution in [1.82, 2.24) is 0 Å². The third-order valence-corrected chi connectivity index (χ3v) is 3.32. The van der Waals surface area contributed by atoms with Gasteiger partial charge in [0.2, 0.25) is 0 Å². The van der Waals surface area contributed by atoms with E-state index in [1.165, 1.54) is 6.07 Å². The molecule has 0 saturated carbocycles. The Balaban J connectivity index is 2.27. The van der Waals surface area contributed by atoms with Gasteiger partial charge in [0.05, 0.1) is 4.92 Å².